The molecule has 102 valence electrons. The summed E-state index contributed by atoms with van der Waals surface area (Å²) >= 11 is 1.52. The van der Waals surface area contributed by atoms with Crippen molar-refractivity contribution in [2.45, 2.75) is 52.6 Å². The number of nitrogens with one attached hydrogen (secondary N) is 1. The van der Waals surface area contributed by atoms with Crippen LogP contribution in [0, 0.1) is 6.92 Å². The van der Waals surface area contributed by atoms with E-state index >= 15 is 0 Å². The molecule has 0 atom stereocenters. The Labute approximate surface area is 113 Å². The molecule has 0 spiro atoms. The van der Waals surface area contributed by atoms with E-state index in [0.29, 0.717) is 19.4 Å². The van der Waals surface area contributed by atoms with Gasteiger partial charge in [-0.1, -0.05) is 20.8 Å². The quantitative estimate of drug-likeness (QED) is 0.834. The number of rotatable bonds is 6. The van der Waals surface area contributed by atoms with Crippen molar-refractivity contribution >= 4 is 17.2 Å². The SMILES string of the molecule is CCc1cc(C(=O)NCC(O)(CC)CC)sc1C. The van der Waals surface area contributed by atoms with Crippen LogP contribution < -0.4 is 5.32 Å². The molecule has 0 aliphatic carbocycles. The molecule has 0 radical (unpaired) electrons. The van der Waals surface area contributed by atoms with Crippen molar-refractivity contribution in [2.75, 3.05) is 6.54 Å². The number of carbonyl (C=O) groups excluding carboxylic acids is 1. The van der Waals surface area contributed by atoms with Crippen LogP contribution in [0.3, 0.4) is 0 Å². The Morgan fingerprint density at radius 3 is 2.44 bits per heavy atom. The summed E-state index contributed by atoms with van der Waals surface area (Å²) < 4.78 is 0. The molecular formula is C14H23NO2S. The molecule has 3 nitrogen and oxygen atoms in total. The van der Waals surface area contributed by atoms with Gasteiger partial charge in [0.05, 0.1) is 10.5 Å². The third-order valence-electron chi connectivity index (χ3n) is 3.52. The van der Waals surface area contributed by atoms with Gasteiger partial charge in [0.15, 0.2) is 0 Å². The first-order valence-electron chi connectivity index (χ1n) is 6.55. The van der Waals surface area contributed by atoms with Crippen molar-refractivity contribution < 1.29 is 9.90 Å². The number of hydrogen-bond donors (Lipinski definition) is 2. The lowest BCUT2D eigenvalue weighted by Gasteiger charge is -2.25. The molecule has 0 saturated heterocycles. The van der Waals surface area contributed by atoms with Gasteiger partial charge >= 0.3 is 0 Å². The molecule has 0 aliphatic heterocycles. The van der Waals surface area contributed by atoms with Gasteiger partial charge in [-0.05, 0) is 37.8 Å². The number of aliphatic hydroxyl groups is 1. The lowest BCUT2D eigenvalue weighted by molar-refractivity contribution is 0.0314. The predicted molar refractivity (Wildman–Crippen MR) is 76.3 cm³/mol. The fraction of sp³-hybridized carbons (Fsp3) is 0.643. The third-order valence-corrected chi connectivity index (χ3v) is 4.61. The van der Waals surface area contributed by atoms with Crippen molar-refractivity contribution in [1.29, 1.82) is 0 Å². The largest absolute Gasteiger partial charge is 0.388 e. The van der Waals surface area contributed by atoms with E-state index in [4.69, 9.17) is 0 Å². The molecule has 1 aromatic heterocycles. The van der Waals surface area contributed by atoms with Gasteiger partial charge in [-0.3, -0.25) is 4.79 Å². The Balaban J connectivity index is 2.65. The van der Waals surface area contributed by atoms with E-state index < -0.39 is 5.60 Å². The van der Waals surface area contributed by atoms with E-state index in [1.807, 2.05) is 26.8 Å². The number of thiophene rings is 1. The maximum absolute atomic E-state index is 12.0. The van der Waals surface area contributed by atoms with Crippen molar-refractivity contribution in [1.82, 2.24) is 5.32 Å². The van der Waals surface area contributed by atoms with Crippen molar-refractivity contribution in [2.24, 2.45) is 0 Å². The van der Waals surface area contributed by atoms with Crippen molar-refractivity contribution in [3.63, 3.8) is 0 Å². The molecule has 1 aromatic rings. The molecule has 0 bridgehead atoms. The van der Waals surface area contributed by atoms with Crippen molar-refractivity contribution in [3.05, 3.63) is 21.4 Å². The third kappa shape index (κ3) is 3.56. The van der Waals surface area contributed by atoms with Crippen LogP contribution in [-0.2, 0) is 6.42 Å². The molecular weight excluding hydrogens is 246 g/mol. The Kier molecular flexibility index (Phi) is 5.35. The van der Waals surface area contributed by atoms with Gasteiger partial charge in [0, 0.05) is 11.4 Å². The molecule has 0 saturated carbocycles. The van der Waals surface area contributed by atoms with Crippen LogP contribution in [0.5, 0.6) is 0 Å². The molecule has 0 fully saturated rings. The Bertz CT molecular complexity index is 408. The minimum absolute atomic E-state index is 0.0804. The fourth-order valence-electron chi connectivity index (χ4n) is 1.81. The first kappa shape index (κ1) is 15.2. The molecule has 2 N–H and O–H groups in total. The van der Waals surface area contributed by atoms with E-state index in [2.05, 4.69) is 12.2 Å². The first-order valence-corrected chi connectivity index (χ1v) is 7.37. The van der Waals surface area contributed by atoms with E-state index in [0.717, 1.165) is 11.3 Å². The van der Waals surface area contributed by atoms with E-state index in [1.165, 1.54) is 21.8 Å². The summed E-state index contributed by atoms with van der Waals surface area (Å²) in [4.78, 5) is 13.9. The Morgan fingerprint density at radius 1 is 1.39 bits per heavy atom. The van der Waals surface area contributed by atoms with Crippen LogP contribution in [0.4, 0.5) is 0 Å². The summed E-state index contributed by atoms with van der Waals surface area (Å²) in [5.41, 5.74) is 0.446. The van der Waals surface area contributed by atoms with Crippen LogP contribution in [0.1, 0.15) is 53.7 Å². The maximum Gasteiger partial charge on any atom is 0.261 e. The monoisotopic (exact) mass is 269 g/mol. The average molecular weight is 269 g/mol. The highest BCUT2D eigenvalue weighted by Crippen LogP contribution is 2.22. The average Bonchev–Trinajstić information content (AvgIpc) is 2.77. The topological polar surface area (TPSA) is 49.3 Å². The Hall–Kier alpha value is -0.870. The van der Waals surface area contributed by atoms with Crippen LogP contribution in [0.15, 0.2) is 6.07 Å². The zero-order valence-electron chi connectivity index (χ0n) is 11.7. The summed E-state index contributed by atoms with van der Waals surface area (Å²) in [5, 5.41) is 12.9. The minimum Gasteiger partial charge on any atom is -0.388 e. The second kappa shape index (κ2) is 6.34. The number of aryl methyl sites for hydroxylation is 2. The smallest absolute Gasteiger partial charge is 0.261 e. The highest BCUT2D eigenvalue weighted by molar-refractivity contribution is 7.14. The summed E-state index contributed by atoms with van der Waals surface area (Å²) in [7, 11) is 0. The summed E-state index contributed by atoms with van der Waals surface area (Å²) in [6.45, 7) is 8.30. The summed E-state index contributed by atoms with van der Waals surface area (Å²) in [6, 6.07) is 1.95. The van der Waals surface area contributed by atoms with Gasteiger partial charge in [-0.15, -0.1) is 11.3 Å². The molecule has 18 heavy (non-hydrogen) atoms. The van der Waals surface area contributed by atoms with Gasteiger partial charge in [-0.25, -0.2) is 0 Å². The van der Waals surface area contributed by atoms with E-state index in [-0.39, 0.29) is 5.91 Å². The lowest BCUT2D eigenvalue weighted by atomic mass is 9.97. The molecule has 1 rings (SSSR count). The molecule has 1 heterocycles. The second-order valence-electron chi connectivity index (χ2n) is 4.66. The maximum atomic E-state index is 12.0. The van der Waals surface area contributed by atoms with Gasteiger partial charge in [-0.2, -0.15) is 0 Å². The second-order valence-corrected chi connectivity index (χ2v) is 5.92. The van der Waals surface area contributed by atoms with E-state index in [1.54, 1.807) is 0 Å². The zero-order valence-corrected chi connectivity index (χ0v) is 12.5. The lowest BCUT2D eigenvalue weighted by Crippen LogP contribution is -2.41. The molecule has 0 aromatic carbocycles. The number of hydrogen-bond acceptors (Lipinski definition) is 3. The van der Waals surface area contributed by atoms with Gasteiger partial charge in [0.2, 0.25) is 0 Å². The van der Waals surface area contributed by atoms with Crippen LogP contribution >= 0.6 is 11.3 Å². The standard InChI is InChI=1S/C14H23NO2S/c1-5-11-8-12(18-10(11)4)13(16)15-9-14(17,6-2)7-3/h8,17H,5-7,9H2,1-4H3,(H,15,16). The molecule has 0 aliphatic rings. The van der Waals surface area contributed by atoms with Crippen LogP contribution in [0.2, 0.25) is 0 Å². The molecule has 0 unspecified atom stereocenters. The number of amides is 1. The van der Waals surface area contributed by atoms with Crippen molar-refractivity contribution in [3.8, 4) is 0 Å². The zero-order chi connectivity index (χ0) is 13.8. The molecule has 4 heteroatoms. The highest BCUT2D eigenvalue weighted by Gasteiger charge is 2.23. The number of carbonyl (C=O) groups is 1. The minimum atomic E-state index is -0.782. The fourth-order valence-corrected chi connectivity index (χ4v) is 2.84. The predicted octanol–water partition coefficient (Wildman–Crippen LogP) is 2.90. The normalized spacial score (nSPS) is 11.6. The molecule has 1 amide bonds. The first-order chi connectivity index (χ1) is 8.45. The Morgan fingerprint density at radius 2 is 2.00 bits per heavy atom. The van der Waals surface area contributed by atoms with Gasteiger partial charge in [0.1, 0.15) is 0 Å². The summed E-state index contributed by atoms with van der Waals surface area (Å²) in [6.07, 6.45) is 2.24. The van der Waals surface area contributed by atoms with Gasteiger partial charge < -0.3 is 10.4 Å². The van der Waals surface area contributed by atoms with E-state index in [9.17, 15) is 9.90 Å². The van der Waals surface area contributed by atoms with Crippen LogP contribution in [0.25, 0.3) is 0 Å². The van der Waals surface area contributed by atoms with Gasteiger partial charge in [0.25, 0.3) is 5.91 Å². The van der Waals surface area contributed by atoms with Crippen LogP contribution in [-0.4, -0.2) is 23.2 Å². The highest BCUT2D eigenvalue weighted by atomic mass is 32.1. The summed E-state index contributed by atoms with van der Waals surface area (Å²) in [5.74, 6) is -0.0804.